The lowest BCUT2D eigenvalue weighted by Crippen LogP contribution is -2.53. The zero-order valence-electron chi connectivity index (χ0n) is 13.7. The molecule has 2 saturated heterocycles. The van der Waals surface area contributed by atoms with E-state index in [-0.39, 0.29) is 11.0 Å². The molecular weight excluding hydrogens is 252 g/mol. The number of ether oxygens (including phenoxy) is 2. The number of nitrogens with one attached hydrogen (secondary N) is 1. The van der Waals surface area contributed by atoms with Gasteiger partial charge in [0.1, 0.15) is 0 Å². The molecule has 1 N–H and O–H groups in total. The molecular formula is C16H32N2O2. The van der Waals surface area contributed by atoms with Crippen LogP contribution >= 0.6 is 0 Å². The monoisotopic (exact) mass is 284 g/mol. The second kappa shape index (κ2) is 6.73. The third kappa shape index (κ3) is 4.69. The normalized spacial score (nSPS) is 31.9. The second-order valence-electron chi connectivity index (χ2n) is 7.69. The van der Waals surface area contributed by atoms with Gasteiger partial charge in [-0.15, -0.1) is 0 Å². The van der Waals surface area contributed by atoms with Crippen LogP contribution < -0.4 is 5.32 Å². The van der Waals surface area contributed by atoms with E-state index < -0.39 is 0 Å². The third-order valence-corrected chi connectivity index (χ3v) is 4.51. The molecule has 0 aliphatic carbocycles. The highest BCUT2D eigenvalue weighted by Gasteiger charge is 2.36. The van der Waals surface area contributed by atoms with Crippen LogP contribution in [0.25, 0.3) is 0 Å². The van der Waals surface area contributed by atoms with Gasteiger partial charge >= 0.3 is 0 Å². The molecule has 2 heterocycles. The number of hydrogen-bond donors (Lipinski definition) is 1. The van der Waals surface area contributed by atoms with Gasteiger partial charge in [0.25, 0.3) is 0 Å². The molecule has 0 saturated carbocycles. The highest BCUT2D eigenvalue weighted by Crippen LogP contribution is 2.30. The Morgan fingerprint density at radius 2 is 2.05 bits per heavy atom. The average molecular weight is 284 g/mol. The molecule has 2 fully saturated rings. The molecule has 0 amide bonds. The molecule has 0 aromatic rings. The highest BCUT2D eigenvalue weighted by atomic mass is 16.5. The Morgan fingerprint density at radius 1 is 1.25 bits per heavy atom. The van der Waals surface area contributed by atoms with Crippen LogP contribution in [0.3, 0.4) is 0 Å². The minimum atomic E-state index is 0.166. The summed E-state index contributed by atoms with van der Waals surface area (Å²) in [4.78, 5) is 2.49. The van der Waals surface area contributed by atoms with E-state index in [1.54, 1.807) is 0 Å². The van der Waals surface area contributed by atoms with Crippen LogP contribution in [-0.4, -0.2) is 63.0 Å². The Hall–Kier alpha value is -0.160. The van der Waals surface area contributed by atoms with E-state index in [1.165, 1.54) is 19.3 Å². The molecule has 0 aromatic carbocycles. The standard InChI is InChI=1S/C16H32N2O2/c1-15(2,3)17-11-16(7-5-8-20-13-16)12-18(4)14-6-9-19-10-14/h14,17H,5-13H2,1-4H3. The Kier molecular flexibility index (Phi) is 5.46. The SMILES string of the molecule is CN(CC1(CNC(C)(C)C)CCCOC1)C1CCOC1. The van der Waals surface area contributed by atoms with Crippen LogP contribution in [0.4, 0.5) is 0 Å². The maximum Gasteiger partial charge on any atom is 0.0622 e. The lowest BCUT2D eigenvalue weighted by Gasteiger charge is -2.43. The molecule has 2 aliphatic rings. The van der Waals surface area contributed by atoms with Gasteiger partial charge in [-0.3, -0.25) is 0 Å². The van der Waals surface area contributed by atoms with Gasteiger partial charge in [0, 0.05) is 43.3 Å². The summed E-state index contributed by atoms with van der Waals surface area (Å²) in [5.74, 6) is 0. The van der Waals surface area contributed by atoms with Crippen LogP contribution in [0.2, 0.25) is 0 Å². The first kappa shape index (κ1) is 16.2. The minimum absolute atomic E-state index is 0.166. The summed E-state index contributed by atoms with van der Waals surface area (Å²) in [5.41, 5.74) is 0.419. The Balaban J connectivity index is 1.94. The molecule has 4 nitrogen and oxygen atoms in total. The van der Waals surface area contributed by atoms with E-state index in [0.717, 1.165) is 39.5 Å². The van der Waals surface area contributed by atoms with E-state index in [2.05, 4.69) is 38.0 Å². The molecule has 4 heteroatoms. The fourth-order valence-electron chi connectivity index (χ4n) is 3.21. The summed E-state index contributed by atoms with van der Waals surface area (Å²) in [6, 6.07) is 0.587. The summed E-state index contributed by atoms with van der Waals surface area (Å²) in [7, 11) is 2.24. The largest absolute Gasteiger partial charge is 0.381 e. The molecule has 2 unspecified atom stereocenters. The van der Waals surface area contributed by atoms with Crippen molar-refractivity contribution in [1.29, 1.82) is 0 Å². The maximum absolute atomic E-state index is 5.82. The first-order valence-electron chi connectivity index (χ1n) is 8.01. The molecule has 20 heavy (non-hydrogen) atoms. The maximum atomic E-state index is 5.82. The van der Waals surface area contributed by atoms with Crippen molar-refractivity contribution in [2.45, 2.75) is 51.6 Å². The number of nitrogens with zero attached hydrogens (tertiary/aromatic N) is 1. The summed E-state index contributed by atoms with van der Waals surface area (Å²) in [6.07, 6.45) is 3.61. The van der Waals surface area contributed by atoms with Gasteiger partial charge in [0.05, 0.1) is 13.2 Å². The summed E-state index contributed by atoms with van der Waals surface area (Å²) in [5, 5.41) is 3.69. The first-order chi connectivity index (χ1) is 9.40. The highest BCUT2D eigenvalue weighted by molar-refractivity contribution is 4.90. The van der Waals surface area contributed by atoms with Crippen LogP contribution in [0.5, 0.6) is 0 Å². The van der Waals surface area contributed by atoms with Gasteiger partial charge in [-0.1, -0.05) is 0 Å². The van der Waals surface area contributed by atoms with Crippen LogP contribution in [0, 0.1) is 5.41 Å². The summed E-state index contributed by atoms with van der Waals surface area (Å²) >= 11 is 0. The van der Waals surface area contributed by atoms with Crippen molar-refractivity contribution >= 4 is 0 Å². The van der Waals surface area contributed by atoms with Gasteiger partial charge in [-0.05, 0) is 47.1 Å². The van der Waals surface area contributed by atoms with Gasteiger partial charge in [0.15, 0.2) is 0 Å². The Labute approximate surface area is 124 Å². The zero-order chi connectivity index (χ0) is 14.6. The first-order valence-corrected chi connectivity index (χ1v) is 8.01. The number of likely N-dealkylation sites (N-methyl/N-ethyl adjacent to an activating group) is 1. The number of rotatable bonds is 5. The Morgan fingerprint density at radius 3 is 2.60 bits per heavy atom. The molecule has 2 rings (SSSR count). The summed E-state index contributed by atoms with van der Waals surface area (Å²) in [6.45, 7) is 12.5. The molecule has 0 aromatic heterocycles. The molecule has 0 bridgehead atoms. The van der Waals surface area contributed by atoms with Gasteiger partial charge in [-0.25, -0.2) is 0 Å². The van der Waals surface area contributed by atoms with E-state index in [1.807, 2.05) is 0 Å². The van der Waals surface area contributed by atoms with Crippen molar-refractivity contribution in [3.8, 4) is 0 Å². The predicted molar refractivity (Wildman–Crippen MR) is 82.1 cm³/mol. The van der Waals surface area contributed by atoms with Crippen molar-refractivity contribution in [3.05, 3.63) is 0 Å². The van der Waals surface area contributed by atoms with E-state index >= 15 is 0 Å². The second-order valence-corrected chi connectivity index (χ2v) is 7.69. The quantitative estimate of drug-likeness (QED) is 0.836. The topological polar surface area (TPSA) is 33.7 Å². The fourth-order valence-corrected chi connectivity index (χ4v) is 3.21. The molecule has 0 radical (unpaired) electrons. The van der Waals surface area contributed by atoms with E-state index in [9.17, 15) is 0 Å². The third-order valence-electron chi connectivity index (χ3n) is 4.51. The Bertz CT molecular complexity index is 289. The molecule has 2 aliphatic heterocycles. The van der Waals surface area contributed by atoms with Crippen molar-refractivity contribution in [2.24, 2.45) is 5.41 Å². The van der Waals surface area contributed by atoms with E-state index in [4.69, 9.17) is 9.47 Å². The van der Waals surface area contributed by atoms with Crippen molar-refractivity contribution in [1.82, 2.24) is 10.2 Å². The fraction of sp³-hybridized carbons (Fsp3) is 1.00. The average Bonchev–Trinajstić information content (AvgIpc) is 2.91. The lowest BCUT2D eigenvalue weighted by atomic mass is 9.81. The van der Waals surface area contributed by atoms with Crippen molar-refractivity contribution < 1.29 is 9.47 Å². The number of hydrogen-bond acceptors (Lipinski definition) is 4. The zero-order valence-corrected chi connectivity index (χ0v) is 13.7. The van der Waals surface area contributed by atoms with Crippen LogP contribution in [0.15, 0.2) is 0 Å². The van der Waals surface area contributed by atoms with Crippen molar-refractivity contribution in [2.75, 3.05) is 46.6 Å². The van der Waals surface area contributed by atoms with Crippen molar-refractivity contribution in [3.63, 3.8) is 0 Å². The lowest BCUT2D eigenvalue weighted by molar-refractivity contribution is -0.0312. The van der Waals surface area contributed by atoms with E-state index in [0.29, 0.717) is 6.04 Å². The molecule has 118 valence electrons. The van der Waals surface area contributed by atoms with Gasteiger partial charge < -0.3 is 19.7 Å². The molecule has 0 spiro atoms. The predicted octanol–water partition coefficient (Wildman–Crippen LogP) is 1.89. The minimum Gasteiger partial charge on any atom is -0.381 e. The smallest absolute Gasteiger partial charge is 0.0622 e. The van der Waals surface area contributed by atoms with Crippen LogP contribution in [0.1, 0.15) is 40.0 Å². The van der Waals surface area contributed by atoms with Crippen LogP contribution in [-0.2, 0) is 9.47 Å². The summed E-state index contributed by atoms with van der Waals surface area (Å²) < 4.78 is 11.3. The van der Waals surface area contributed by atoms with Gasteiger partial charge in [-0.2, -0.15) is 0 Å². The van der Waals surface area contributed by atoms with Gasteiger partial charge in [0.2, 0.25) is 0 Å². The molecule has 2 atom stereocenters.